The van der Waals surface area contributed by atoms with Crippen molar-refractivity contribution < 1.29 is 34.2 Å². The van der Waals surface area contributed by atoms with Crippen LogP contribution >= 0.6 is 0 Å². The van der Waals surface area contributed by atoms with E-state index in [0.29, 0.717) is 12.8 Å². The van der Waals surface area contributed by atoms with Crippen LogP contribution in [0.2, 0.25) is 0 Å². The first kappa shape index (κ1) is 18.7. The summed E-state index contributed by atoms with van der Waals surface area (Å²) in [5, 5.41) is 0. The average molecular weight is 352 g/mol. The lowest BCUT2D eigenvalue weighted by Crippen LogP contribution is -2.38. The fourth-order valence-electron chi connectivity index (χ4n) is 2.53. The van der Waals surface area contributed by atoms with Gasteiger partial charge in [0, 0.05) is 0 Å². The minimum Gasteiger partial charge on any atom is -0.404 e. The van der Waals surface area contributed by atoms with Crippen molar-refractivity contribution in [2.75, 3.05) is 0 Å². The molecule has 126 valence electrons. The summed E-state index contributed by atoms with van der Waals surface area (Å²) in [6, 6.07) is 0. The van der Waals surface area contributed by atoms with Crippen LogP contribution in [0.15, 0.2) is 0 Å². The molecule has 6 nitrogen and oxygen atoms in total. The van der Waals surface area contributed by atoms with E-state index in [4.69, 9.17) is 0 Å². The molecule has 0 radical (unpaired) electrons. The highest BCUT2D eigenvalue weighted by Gasteiger charge is 2.50. The predicted octanol–water partition coefficient (Wildman–Crippen LogP) is 2.69. The third-order valence-electron chi connectivity index (χ3n) is 3.53. The van der Waals surface area contributed by atoms with Gasteiger partial charge in [-0.3, -0.25) is 4.18 Å². The minimum atomic E-state index is -6.16. The predicted molar refractivity (Wildman–Crippen MR) is 68.9 cm³/mol. The number of hydrogen-bond donors (Lipinski definition) is 0. The average Bonchev–Trinajstić information content (AvgIpc) is 2.38. The van der Waals surface area contributed by atoms with Gasteiger partial charge in [-0.05, 0) is 23.7 Å². The monoisotopic (exact) mass is 352 g/mol. The van der Waals surface area contributed by atoms with Crippen molar-refractivity contribution in [2.24, 2.45) is 10.8 Å². The summed E-state index contributed by atoms with van der Waals surface area (Å²) >= 11 is 0. The lowest BCUT2D eigenvalue weighted by atomic mass is 9.81. The lowest BCUT2D eigenvalue weighted by Gasteiger charge is -2.36. The number of rotatable bonds is 4. The molecule has 1 rings (SSSR count). The number of halogens is 3. The zero-order valence-electron chi connectivity index (χ0n) is 11.9. The first-order chi connectivity index (χ1) is 9.00. The summed E-state index contributed by atoms with van der Waals surface area (Å²) in [6.07, 6.45) is 0.209. The normalized spacial score (nSPS) is 23.4. The molecular formula is C10H17F3NO5S2-. The second-order valence-electron chi connectivity index (χ2n) is 6.38. The summed E-state index contributed by atoms with van der Waals surface area (Å²) in [7, 11) is -11.4. The van der Waals surface area contributed by atoms with Crippen LogP contribution in [-0.2, 0) is 24.5 Å². The van der Waals surface area contributed by atoms with Crippen LogP contribution in [0.25, 0.3) is 4.13 Å². The van der Waals surface area contributed by atoms with E-state index in [1.807, 2.05) is 4.13 Å². The maximum absolute atomic E-state index is 12.2. The third-order valence-corrected chi connectivity index (χ3v) is 6.07. The Morgan fingerprint density at radius 1 is 1.00 bits per heavy atom. The Bertz CT molecular complexity index is 591. The molecule has 0 bridgehead atoms. The number of hydrogen-bond acceptors (Lipinski definition) is 5. The lowest BCUT2D eigenvalue weighted by molar-refractivity contribution is -0.0426. The van der Waals surface area contributed by atoms with Gasteiger partial charge in [-0.2, -0.15) is 13.2 Å². The van der Waals surface area contributed by atoms with E-state index in [1.165, 1.54) is 0 Å². The van der Waals surface area contributed by atoms with Crippen molar-refractivity contribution in [3.63, 3.8) is 0 Å². The highest BCUT2D eigenvalue weighted by molar-refractivity contribution is 8.10. The molecule has 0 heterocycles. The van der Waals surface area contributed by atoms with E-state index in [9.17, 15) is 30.0 Å². The largest absolute Gasteiger partial charge is 0.480 e. The maximum Gasteiger partial charge on any atom is 0.480 e. The third kappa shape index (κ3) is 4.08. The van der Waals surface area contributed by atoms with Crippen LogP contribution in [0.4, 0.5) is 13.2 Å². The van der Waals surface area contributed by atoms with E-state index in [0.717, 1.165) is 0 Å². The van der Waals surface area contributed by atoms with Crippen molar-refractivity contribution in [1.29, 1.82) is 0 Å². The SMILES string of the molecule is CC1(C)CCC(C)(C)C1OS(=O)(=O)[N-]S(=O)(=O)C(F)(F)F. The Balaban J connectivity index is 3.02. The molecule has 0 amide bonds. The van der Waals surface area contributed by atoms with Crippen molar-refractivity contribution in [3.05, 3.63) is 4.13 Å². The highest BCUT2D eigenvalue weighted by atomic mass is 32.3. The number of alkyl halides is 3. The molecule has 1 fully saturated rings. The van der Waals surface area contributed by atoms with Gasteiger partial charge in [0.05, 0.1) is 6.10 Å². The van der Waals surface area contributed by atoms with Crippen LogP contribution in [0.3, 0.4) is 0 Å². The van der Waals surface area contributed by atoms with Crippen molar-refractivity contribution in [1.82, 2.24) is 0 Å². The minimum absolute atomic E-state index is 0.589. The molecule has 0 atom stereocenters. The first-order valence-electron chi connectivity index (χ1n) is 5.99. The molecule has 1 aliphatic carbocycles. The summed E-state index contributed by atoms with van der Waals surface area (Å²) in [5.41, 5.74) is -7.05. The second kappa shape index (κ2) is 5.07. The van der Waals surface area contributed by atoms with Gasteiger partial charge in [0.25, 0.3) is 0 Å². The van der Waals surface area contributed by atoms with Crippen LogP contribution in [-0.4, -0.2) is 28.4 Å². The van der Waals surface area contributed by atoms with E-state index < -0.39 is 42.8 Å². The summed E-state index contributed by atoms with van der Waals surface area (Å²) < 4.78 is 87.9. The molecule has 0 unspecified atom stereocenters. The molecule has 21 heavy (non-hydrogen) atoms. The van der Waals surface area contributed by atoms with E-state index >= 15 is 0 Å². The fourth-order valence-corrected chi connectivity index (χ4v) is 4.73. The van der Waals surface area contributed by atoms with Gasteiger partial charge in [0.2, 0.25) is 10.3 Å². The molecular weight excluding hydrogens is 335 g/mol. The van der Waals surface area contributed by atoms with Crippen molar-refractivity contribution in [3.8, 4) is 0 Å². The Hall–Kier alpha value is -0.390. The van der Waals surface area contributed by atoms with Gasteiger partial charge >= 0.3 is 5.51 Å². The Morgan fingerprint density at radius 2 is 1.38 bits per heavy atom. The molecule has 0 spiro atoms. The topological polar surface area (TPSA) is 91.6 Å². The summed E-state index contributed by atoms with van der Waals surface area (Å²) in [6.45, 7) is 6.78. The zero-order valence-corrected chi connectivity index (χ0v) is 13.6. The van der Waals surface area contributed by atoms with Gasteiger partial charge in [0.15, 0.2) is 10.0 Å². The van der Waals surface area contributed by atoms with Gasteiger partial charge in [0.1, 0.15) is 0 Å². The van der Waals surface area contributed by atoms with Crippen LogP contribution < -0.4 is 0 Å². The molecule has 0 aromatic rings. The second-order valence-corrected chi connectivity index (χ2v) is 9.43. The van der Waals surface area contributed by atoms with Crippen molar-refractivity contribution >= 4 is 20.3 Å². The Kier molecular flexibility index (Phi) is 4.50. The zero-order chi connectivity index (χ0) is 16.9. The van der Waals surface area contributed by atoms with E-state index in [2.05, 4.69) is 4.18 Å². The van der Waals surface area contributed by atoms with E-state index in [-0.39, 0.29) is 0 Å². The summed E-state index contributed by atoms with van der Waals surface area (Å²) in [5.74, 6) is 0. The molecule has 11 heteroatoms. The molecule has 1 saturated carbocycles. The number of nitrogens with zero attached hydrogens (tertiary/aromatic N) is 1. The smallest absolute Gasteiger partial charge is 0.404 e. The standard InChI is InChI=1S/C10H17F3NO5S2/c1-8(2)5-6-9(3,4)7(8)19-21(17,18)14-20(15,16)10(11,12)13/h7H,5-6H2,1-4H3/q-1. The van der Waals surface area contributed by atoms with Gasteiger partial charge in [-0.25, -0.2) is 16.8 Å². The number of sulfonamides is 1. The summed E-state index contributed by atoms with van der Waals surface area (Å²) in [4.78, 5) is 0. The quantitative estimate of drug-likeness (QED) is 0.776. The Morgan fingerprint density at radius 3 is 1.71 bits per heavy atom. The van der Waals surface area contributed by atoms with E-state index in [1.54, 1.807) is 27.7 Å². The Labute approximate surface area is 122 Å². The van der Waals surface area contributed by atoms with Gasteiger partial charge in [-0.15, -0.1) is 0 Å². The van der Waals surface area contributed by atoms with Crippen LogP contribution in [0, 0.1) is 10.8 Å². The van der Waals surface area contributed by atoms with Gasteiger partial charge < -0.3 is 4.13 Å². The molecule has 0 saturated heterocycles. The first-order valence-corrected chi connectivity index (χ1v) is 8.79. The van der Waals surface area contributed by atoms with Gasteiger partial charge in [-0.1, -0.05) is 27.7 Å². The highest BCUT2D eigenvalue weighted by Crippen LogP contribution is 2.51. The van der Waals surface area contributed by atoms with Crippen molar-refractivity contribution in [2.45, 2.75) is 52.1 Å². The van der Waals surface area contributed by atoms with Crippen LogP contribution in [0.1, 0.15) is 40.5 Å². The molecule has 0 aromatic heterocycles. The maximum atomic E-state index is 12.2. The molecule has 0 N–H and O–H groups in total. The fraction of sp³-hybridized carbons (Fsp3) is 1.00. The molecule has 0 aliphatic heterocycles. The van der Waals surface area contributed by atoms with Crippen LogP contribution in [0.5, 0.6) is 0 Å². The molecule has 1 aliphatic rings. The molecule has 0 aromatic carbocycles.